The molecule has 0 radical (unpaired) electrons. The van der Waals surface area contributed by atoms with E-state index in [9.17, 15) is 9.59 Å². The second kappa shape index (κ2) is 4.75. The Morgan fingerprint density at radius 3 is 2.94 bits per heavy atom. The summed E-state index contributed by atoms with van der Waals surface area (Å²) in [7, 11) is 0. The third-order valence-corrected chi connectivity index (χ3v) is 2.83. The molecule has 2 rings (SSSR count). The van der Waals surface area contributed by atoms with E-state index in [0.717, 1.165) is 0 Å². The molecular weight excluding hydrogens is 244 g/mol. The molecule has 4 nitrogen and oxygen atoms in total. The number of fused-ring (bicyclic) bond motifs is 1. The number of halogens is 1. The Balaban J connectivity index is 2.41. The van der Waals surface area contributed by atoms with Gasteiger partial charge in [0.25, 0.3) is 5.78 Å². The molecule has 0 unspecified atom stereocenters. The number of benzene rings is 1. The van der Waals surface area contributed by atoms with Gasteiger partial charge in [-0.25, -0.2) is 4.79 Å². The highest BCUT2D eigenvalue weighted by Crippen LogP contribution is 2.33. The van der Waals surface area contributed by atoms with Crippen LogP contribution in [0.2, 0.25) is 5.02 Å². The SMILES string of the molecule is CCOC(=O)C(=O)c1c(Cl)ccc2c1CCO2. The van der Waals surface area contributed by atoms with Gasteiger partial charge in [0.1, 0.15) is 5.75 Å². The van der Waals surface area contributed by atoms with Crippen molar-refractivity contribution in [1.29, 1.82) is 0 Å². The average Bonchev–Trinajstić information content (AvgIpc) is 2.76. The van der Waals surface area contributed by atoms with Gasteiger partial charge < -0.3 is 9.47 Å². The summed E-state index contributed by atoms with van der Waals surface area (Å²) in [5.74, 6) is -0.976. The average molecular weight is 255 g/mol. The summed E-state index contributed by atoms with van der Waals surface area (Å²) in [6, 6.07) is 3.25. The summed E-state index contributed by atoms with van der Waals surface area (Å²) in [5.41, 5.74) is 0.899. The molecule has 0 atom stereocenters. The number of hydrogen-bond donors (Lipinski definition) is 0. The number of ketones is 1. The molecule has 0 N–H and O–H groups in total. The van der Waals surface area contributed by atoms with E-state index in [1.165, 1.54) is 0 Å². The quantitative estimate of drug-likeness (QED) is 0.470. The zero-order chi connectivity index (χ0) is 12.4. The molecule has 1 aliphatic rings. The molecule has 0 saturated heterocycles. The van der Waals surface area contributed by atoms with Crippen molar-refractivity contribution in [2.24, 2.45) is 0 Å². The summed E-state index contributed by atoms with van der Waals surface area (Å²) in [6.45, 7) is 2.30. The monoisotopic (exact) mass is 254 g/mol. The molecule has 0 aliphatic carbocycles. The van der Waals surface area contributed by atoms with Crippen molar-refractivity contribution >= 4 is 23.4 Å². The van der Waals surface area contributed by atoms with Crippen LogP contribution in [0.15, 0.2) is 12.1 Å². The Morgan fingerprint density at radius 2 is 2.24 bits per heavy atom. The Bertz CT molecular complexity index is 482. The van der Waals surface area contributed by atoms with Gasteiger partial charge in [0.15, 0.2) is 0 Å². The van der Waals surface area contributed by atoms with Crippen LogP contribution in [0.1, 0.15) is 22.8 Å². The van der Waals surface area contributed by atoms with E-state index in [2.05, 4.69) is 4.74 Å². The van der Waals surface area contributed by atoms with Crippen molar-refractivity contribution in [2.45, 2.75) is 13.3 Å². The zero-order valence-electron chi connectivity index (χ0n) is 9.29. The Morgan fingerprint density at radius 1 is 1.47 bits per heavy atom. The first-order valence-electron chi connectivity index (χ1n) is 5.30. The van der Waals surface area contributed by atoms with E-state index in [1.54, 1.807) is 19.1 Å². The maximum atomic E-state index is 11.9. The van der Waals surface area contributed by atoms with Crippen LogP contribution in [-0.2, 0) is 16.0 Å². The Hall–Kier alpha value is -1.55. The maximum Gasteiger partial charge on any atom is 0.379 e. The lowest BCUT2D eigenvalue weighted by atomic mass is 10.0. The molecule has 90 valence electrons. The third-order valence-electron chi connectivity index (χ3n) is 2.52. The fourth-order valence-electron chi connectivity index (χ4n) is 1.79. The van der Waals surface area contributed by atoms with Crippen molar-refractivity contribution in [3.05, 3.63) is 28.3 Å². The van der Waals surface area contributed by atoms with Gasteiger partial charge in [-0.15, -0.1) is 0 Å². The van der Waals surface area contributed by atoms with Gasteiger partial charge in [-0.3, -0.25) is 4.79 Å². The molecule has 1 aromatic carbocycles. The number of esters is 1. The number of carbonyl (C=O) groups is 2. The highest BCUT2D eigenvalue weighted by Gasteiger charge is 2.28. The van der Waals surface area contributed by atoms with Crippen LogP contribution in [0.25, 0.3) is 0 Å². The summed E-state index contributed by atoms with van der Waals surface area (Å²) in [6.07, 6.45) is 0.580. The molecule has 0 saturated carbocycles. The molecule has 5 heteroatoms. The normalized spacial score (nSPS) is 12.8. The molecule has 0 bridgehead atoms. The first kappa shape index (κ1) is 11.9. The second-order valence-electron chi connectivity index (χ2n) is 3.55. The third kappa shape index (κ3) is 2.13. The molecule has 0 aromatic heterocycles. The van der Waals surface area contributed by atoms with Crippen LogP contribution in [0.4, 0.5) is 0 Å². The predicted molar refractivity (Wildman–Crippen MR) is 61.6 cm³/mol. The van der Waals surface area contributed by atoms with E-state index in [4.69, 9.17) is 16.3 Å². The largest absolute Gasteiger partial charge is 0.493 e. The first-order chi connectivity index (χ1) is 8.15. The zero-order valence-corrected chi connectivity index (χ0v) is 10.0. The molecule has 1 aliphatic heterocycles. The second-order valence-corrected chi connectivity index (χ2v) is 3.95. The smallest absolute Gasteiger partial charge is 0.379 e. The Kier molecular flexibility index (Phi) is 3.33. The summed E-state index contributed by atoms with van der Waals surface area (Å²) < 4.78 is 10.0. The van der Waals surface area contributed by atoms with E-state index >= 15 is 0 Å². The summed E-state index contributed by atoms with van der Waals surface area (Å²) >= 11 is 5.96. The predicted octanol–water partition coefficient (Wildman–Crippen LogP) is 2.02. The van der Waals surface area contributed by atoms with Gasteiger partial charge in [0.05, 0.1) is 23.8 Å². The minimum Gasteiger partial charge on any atom is -0.493 e. The van der Waals surface area contributed by atoms with Gasteiger partial charge in [-0.05, 0) is 19.1 Å². The number of carbonyl (C=O) groups excluding carboxylic acids is 2. The molecule has 0 fully saturated rings. The van der Waals surface area contributed by atoms with Gasteiger partial charge in [-0.1, -0.05) is 11.6 Å². The van der Waals surface area contributed by atoms with Crippen molar-refractivity contribution in [2.75, 3.05) is 13.2 Å². The van der Waals surface area contributed by atoms with Gasteiger partial charge in [0, 0.05) is 12.0 Å². The minimum atomic E-state index is -0.880. The molecule has 0 amide bonds. The topological polar surface area (TPSA) is 52.6 Å². The molecule has 17 heavy (non-hydrogen) atoms. The first-order valence-corrected chi connectivity index (χ1v) is 5.68. The number of rotatable bonds is 3. The van der Waals surface area contributed by atoms with E-state index in [1.807, 2.05) is 0 Å². The van der Waals surface area contributed by atoms with E-state index in [-0.39, 0.29) is 17.2 Å². The van der Waals surface area contributed by atoms with Gasteiger partial charge in [0.2, 0.25) is 0 Å². The highest BCUT2D eigenvalue weighted by atomic mass is 35.5. The minimum absolute atomic E-state index is 0.160. The molecular formula is C12H11ClO4. The molecule has 0 spiro atoms. The maximum absolute atomic E-state index is 11.9. The van der Waals surface area contributed by atoms with Crippen LogP contribution in [0.5, 0.6) is 5.75 Å². The van der Waals surface area contributed by atoms with Gasteiger partial charge in [-0.2, -0.15) is 0 Å². The van der Waals surface area contributed by atoms with Crippen molar-refractivity contribution in [3.63, 3.8) is 0 Å². The summed E-state index contributed by atoms with van der Waals surface area (Å²) in [4.78, 5) is 23.3. The lowest BCUT2D eigenvalue weighted by Gasteiger charge is -2.07. The number of ether oxygens (including phenoxy) is 2. The summed E-state index contributed by atoms with van der Waals surface area (Å²) in [5, 5.41) is 0.257. The van der Waals surface area contributed by atoms with Crippen LogP contribution in [0.3, 0.4) is 0 Å². The van der Waals surface area contributed by atoms with Crippen LogP contribution in [0, 0.1) is 0 Å². The number of hydrogen-bond acceptors (Lipinski definition) is 4. The lowest BCUT2D eigenvalue weighted by molar-refractivity contribution is -0.137. The van der Waals surface area contributed by atoms with Crippen molar-refractivity contribution < 1.29 is 19.1 Å². The van der Waals surface area contributed by atoms with Crippen LogP contribution >= 0.6 is 11.6 Å². The number of Topliss-reactive ketones (excluding diaryl/α,β-unsaturated/α-hetero) is 1. The molecule has 1 aromatic rings. The van der Waals surface area contributed by atoms with Gasteiger partial charge >= 0.3 is 5.97 Å². The molecule has 1 heterocycles. The van der Waals surface area contributed by atoms with E-state index < -0.39 is 11.8 Å². The fourth-order valence-corrected chi connectivity index (χ4v) is 2.05. The Labute approximate surface area is 103 Å². The van der Waals surface area contributed by atoms with Crippen LogP contribution < -0.4 is 4.74 Å². The van der Waals surface area contributed by atoms with E-state index in [0.29, 0.717) is 24.3 Å². The fraction of sp³-hybridized carbons (Fsp3) is 0.333. The van der Waals surface area contributed by atoms with Crippen molar-refractivity contribution in [3.8, 4) is 5.75 Å². The standard InChI is InChI=1S/C12H11ClO4/c1-2-16-12(15)11(14)10-7-5-6-17-9(7)4-3-8(10)13/h3-4H,2,5-6H2,1H3. The highest BCUT2D eigenvalue weighted by molar-refractivity contribution is 6.46. The lowest BCUT2D eigenvalue weighted by Crippen LogP contribution is -2.19. The van der Waals surface area contributed by atoms with Crippen molar-refractivity contribution in [1.82, 2.24) is 0 Å². The van der Waals surface area contributed by atoms with Crippen LogP contribution in [-0.4, -0.2) is 25.0 Å².